The molecule has 0 aliphatic carbocycles. The third-order valence-electron chi connectivity index (χ3n) is 4.34. The van der Waals surface area contributed by atoms with E-state index in [4.69, 9.17) is 9.47 Å². The molecule has 25 heavy (non-hydrogen) atoms. The fraction of sp³-hybridized carbons (Fsp3) is 0.389. The lowest BCUT2D eigenvalue weighted by Gasteiger charge is -2.19. The molecular weight excluding hydrogens is 342 g/mol. The first-order chi connectivity index (χ1) is 11.8. The highest BCUT2D eigenvalue weighted by Crippen LogP contribution is 2.37. The van der Waals surface area contributed by atoms with E-state index in [1.165, 1.54) is 19.4 Å². The fourth-order valence-corrected chi connectivity index (χ4v) is 3.86. The van der Waals surface area contributed by atoms with Gasteiger partial charge in [0.2, 0.25) is 0 Å². The molecule has 0 radical (unpaired) electrons. The molecule has 7 heteroatoms. The van der Waals surface area contributed by atoms with E-state index in [0.29, 0.717) is 12.4 Å². The van der Waals surface area contributed by atoms with Crippen molar-refractivity contribution in [2.45, 2.75) is 31.2 Å². The summed E-state index contributed by atoms with van der Waals surface area (Å²) >= 11 is 0. The van der Waals surface area contributed by atoms with Gasteiger partial charge in [0.25, 0.3) is 0 Å². The maximum atomic E-state index is 12.0. The molecule has 0 unspecified atom stereocenters. The number of aromatic nitrogens is 1. The maximum absolute atomic E-state index is 12.0. The van der Waals surface area contributed by atoms with Crippen LogP contribution in [0.1, 0.15) is 25.5 Å². The lowest BCUT2D eigenvalue weighted by atomic mass is 10.0. The van der Waals surface area contributed by atoms with E-state index in [-0.39, 0.29) is 10.9 Å². The van der Waals surface area contributed by atoms with Gasteiger partial charge in [-0.3, -0.25) is 0 Å². The highest BCUT2D eigenvalue weighted by molar-refractivity contribution is 7.90. The molecule has 0 fully saturated rings. The first-order valence-electron chi connectivity index (χ1n) is 8.14. The van der Waals surface area contributed by atoms with Gasteiger partial charge in [-0.15, -0.1) is 0 Å². The molecule has 3 rings (SSSR count). The largest absolute Gasteiger partial charge is 0.496 e. The first-order valence-corrected chi connectivity index (χ1v) is 10.0. The number of fused-ring (bicyclic) bond motifs is 3. The van der Waals surface area contributed by atoms with Crippen molar-refractivity contribution in [3.63, 3.8) is 0 Å². The zero-order valence-corrected chi connectivity index (χ0v) is 15.4. The number of allylic oxidation sites excluding steroid dienone is 1. The van der Waals surface area contributed by atoms with Crippen LogP contribution >= 0.6 is 0 Å². The van der Waals surface area contributed by atoms with E-state index in [1.54, 1.807) is 19.1 Å². The van der Waals surface area contributed by atoms with Crippen molar-refractivity contribution in [3.8, 4) is 5.75 Å². The van der Waals surface area contributed by atoms with Crippen LogP contribution in [0.25, 0.3) is 16.5 Å². The number of rotatable bonds is 4. The second-order valence-corrected chi connectivity index (χ2v) is 8.05. The molecule has 2 heterocycles. The number of aryl methyl sites for hydroxylation is 1. The average molecular weight is 363 g/mol. The molecule has 1 aliphatic heterocycles. The van der Waals surface area contributed by atoms with Crippen molar-refractivity contribution in [1.29, 1.82) is 0 Å². The summed E-state index contributed by atoms with van der Waals surface area (Å²) in [5.41, 5.74) is 2.59. The highest BCUT2D eigenvalue weighted by atomic mass is 32.2. The molecule has 6 nitrogen and oxygen atoms in total. The number of hydrogen-bond acceptors (Lipinski definition) is 5. The first kappa shape index (κ1) is 17.5. The minimum Gasteiger partial charge on any atom is -0.496 e. The molecule has 0 atom stereocenters. The van der Waals surface area contributed by atoms with Crippen LogP contribution in [0.2, 0.25) is 0 Å². The van der Waals surface area contributed by atoms with Crippen molar-refractivity contribution < 1.29 is 22.7 Å². The molecule has 0 bridgehead atoms. The van der Waals surface area contributed by atoms with Gasteiger partial charge in [-0.25, -0.2) is 13.2 Å². The van der Waals surface area contributed by atoms with Crippen molar-refractivity contribution in [2.24, 2.45) is 0 Å². The molecule has 0 amide bonds. The second kappa shape index (κ2) is 6.55. The standard InChI is InChI=1S/C18H21NO5S/c1-4-24-18(20)8-12-6-5-7-19-15(12)11-14-16(19)9-13(25(3,21)22)10-17(14)23-2/h8-11H,4-7H2,1-3H3. The Morgan fingerprint density at radius 1 is 1.32 bits per heavy atom. The number of sulfone groups is 1. The molecule has 0 spiro atoms. The second-order valence-electron chi connectivity index (χ2n) is 6.04. The average Bonchev–Trinajstić information content (AvgIpc) is 2.93. The van der Waals surface area contributed by atoms with Gasteiger partial charge in [-0.2, -0.15) is 0 Å². The zero-order valence-electron chi connectivity index (χ0n) is 14.5. The van der Waals surface area contributed by atoms with E-state index in [1.807, 2.05) is 10.6 Å². The van der Waals surface area contributed by atoms with Gasteiger partial charge in [0.1, 0.15) is 5.75 Å². The Hall–Kier alpha value is -2.28. The smallest absolute Gasteiger partial charge is 0.331 e. The summed E-state index contributed by atoms with van der Waals surface area (Å²) in [6.07, 6.45) is 4.35. The van der Waals surface area contributed by atoms with Crippen molar-refractivity contribution in [1.82, 2.24) is 4.57 Å². The number of methoxy groups -OCH3 is 1. The number of esters is 1. The van der Waals surface area contributed by atoms with Gasteiger partial charge in [-0.05, 0) is 43.5 Å². The van der Waals surface area contributed by atoms with Crippen molar-refractivity contribution >= 4 is 32.3 Å². The Bertz CT molecular complexity index is 969. The molecule has 1 aromatic heterocycles. The van der Waals surface area contributed by atoms with Gasteiger partial charge in [0.15, 0.2) is 9.84 Å². The fourth-order valence-electron chi connectivity index (χ4n) is 3.22. The van der Waals surface area contributed by atoms with Crippen LogP contribution in [0.3, 0.4) is 0 Å². The predicted molar refractivity (Wildman–Crippen MR) is 95.4 cm³/mol. The minimum atomic E-state index is -3.35. The SMILES string of the molecule is CCOC(=O)C=C1CCCn2c1cc1c(OC)cc(S(C)(=O)=O)cc12. The third kappa shape index (κ3) is 3.28. The van der Waals surface area contributed by atoms with E-state index >= 15 is 0 Å². The van der Waals surface area contributed by atoms with Gasteiger partial charge < -0.3 is 14.0 Å². The van der Waals surface area contributed by atoms with Gasteiger partial charge >= 0.3 is 5.97 Å². The van der Waals surface area contributed by atoms with Crippen LogP contribution in [-0.2, 0) is 25.9 Å². The van der Waals surface area contributed by atoms with E-state index in [2.05, 4.69) is 0 Å². The maximum Gasteiger partial charge on any atom is 0.331 e. The number of ether oxygens (including phenoxy) is 2. The van der Waals surface area contributed by atoms with Gasteiger partial charge in [-0.1, -0.05) is 0 Å². The van der Waals surface area contributed by atoms with Gasteiger partial charge in [0, 0.05) is 30.0 Å². The molecule has 1 aromatic carbocycles. The number of benzene rings is 1. The van der Waals surface area contributed by atoms with Crippen LogP contribution < -0.4 is 4.74 Å². The Balaban J connectivity index is 2.22. The molecular formula is C18H21NO5S. The number of hydrogen-bond donors (Lipinski definition) is 0. The summed E-state index contributed by atoms with van der Waals surface area (Å²) in [7, 11) is -1.83. The quantitative estimate of drug-likeness (QED) is 0.617. The zero-order chi connectivity index (χ0) is 18.2. The van der Waals surface area contributed by atoms with Crippen LogP contribution in [0.4, 0.5) is 0 Å². The van der Waals surface area contributed by atoms with Crippen LogP contribution in [0.5, 0.6) is 5.75 Å². The van der Waals surface area contributed by atoms with Crippen LogP contribution in [-0.4, -0.2) is 38.9 Å². The van der Waals surface area contributed by atoms with Gasteiger partial charge in [0.05, 0.1) is 24.1 Å². The Labute approximate surface area is 147 Å². The summed E-state index contributed by atoms with van der Waals surface area (Å²) in [6.45, 7) is 2.86. The number of nitrogens with zero attached hydrogens (tertiary/aromatic N) is 1. The molecule has 0 saturated heterocycles. The lowest BCUT2D eigenvalue weighted by molar-refractivity contribution is -0.137. The molecule has 0 saturated carbocycles. The Morgan fingerprint density at radius 3 is 2.72 bits per heavy atom. The normalized spacial score (nSPS) is 16.0. The molecule has 1 aliphatic rings. The monoisotopic (exact) mass is 363 g/mol. The van der Waals surface area contributed by atoms with Crippen molar-refractivity contribution in [3.05, 3.63) is 30.0 Å². The summed E-state index contributed by atoms with van der Waals surface area (Å²) in [6, 6.07) is 5.16. The summed E-state index contributed by atoms with van der Waals surface area (Å²) in [5, 5.41) is 0.835. The number of carbonyl (C=O) groups excluding carboxylic acids is 1. The summed E-state index contributed by atoms with van der Waals surface area (Å²) < 4.78 is 36.4. The Morgan fingerprint density at radius 2 is 2.08 bits per heavy atom. The summed E-state index contributed by atoms with van der Waals surface area (Å²) in [4.78, 5) is 12.1. The highest BCUT2D eigenvalue weighted by Gasteiger charge is 2.22. The lowest BCUT2D eigenvalue weighted by Crippen LogP contribution is -2.11. The van der Waals surface area contributed by atoms with E-state index in [9.17, 15) is 13.2 Å². The molecule has 134 valence electrons. The topological polar surface area (TPSA) is 74.6 Å². The van der Waals surface area contributed by atoms with Crippen molar-refractivity contribution in [2.75, 3.05) is 20.0 Å². The van der Waals surface area contributed by atoms with E-state index < -0.39 is 9.84 Å². The minimum absolute atomic E-state index is 0.222. The number of carbonyl (C=O) groups is 1. The Kier molecular flexibility index (Phi) is 4.60. The molecule has 0 N–H and O–H groups in total. The third-order valence-corrected chi connectivity index (χ3v) is 5.43. The van der Waals surface area contributed by atoms with E-state index in [0.717, 1.165) is 41.6 Å². The van der Waals surface area contributed by atoms with Crippen LogP contribution in [0, 0.1) is 0 Å². The van der Waals surface area contributed by atoms with Crippen LogP contribution in [0.15, 0.2) is 29.2 Å². The summed E-state index contributed by atoms with van der Waals surface area (Å²) in [5.74, 6) is 0.148. The molecule has 2 aromatic rings. The predicted octanol–water partition coefficient (Wildman–Crippen LogP) is 2.79.